The first kappa shape index (κ1) is 23.2. The van der Waals surface area contributed by atoms with Gasteiger partial charge in [0.05, 0.1) is 11.6 Å². The molecule has 0 radical (unpaired) electrons. The maximum atomic E-state index is 12.9. The molecular formula is C26H28N4O4. The van der Waals surface area contributed by atoms with Crippen molar-refractivity contribution in [3.05, 3.63) is 71.4 Å². The number of imide groups is 1. The molecule has 0 bridgehead atoms. The number of hydrogen-bond donors (Lipinski definition) is 3. The molecule has 1 aromatic heterocycles. The van der Waals surface area contributed by atoms with E-state index in [1.807, 2.05) is 51.1 Å². The SMILES string of the molecule is Cc1cc(COc2ccc(C(=O)NC(CC(C)C)C3NC(=O)NC3=O)cc2)c2ccccc2n1. The lowest BCUT2D eigenvalue weighted by Crippen LogP contribution is -2.51. The fourth-order valence-corrected chi connectivity index (χ4v) is 4.13. The third-order valence-electron chi connectivity index (χ3n) is 5.69. The maximum Gasteiger partial charge on any atom is 0.322 e. The Balaban J connectivity index is 1.42. The van der Waals surface area contributed by atoms with Crippen molar-refractivity contribution < 1.29 is 19.1 Å². The Morgan fingerprint density at radius 3 is 2.53 bits per heavy atom. The van der Waals surface area contributed by atoms with Crippen molar-refractivity contribution in [3.63, 3.8) is 0 Å². The van der Waals surface area contributed by atoms with E-state index in [2.05, 4.69) is 20.9 Å². The number of carbonyl (C=O) groups is 3. The molecule has 1 fully saturated rings. The van der Waals surface area contributed by atoms with Crippen LogP contribution in [0.5, 0.6) is 5.75 Å². The highest BCUT2D eigenvalue weighted by Gasteiger charge is 2.37. The summed E-state index contributed by atoms with van der Waals surface area (Å²) in [5.74, 6) is 0.107. The summed E-state index contributed by atoms with van der Waals surface area (Å²) in [5.41, 5.74) is 3.33. The van der Waals surface area contributed by atoms with Gasteiger partial charge >= 0.3 is 6.03 Å². The minimum atomic E-state index is -0.792. The minimum Gasteiger partial charge on any atom is -0.489 e. The van der Waals surface area contributed by atoms with Crippen molar-refractivity contribution in [2.24, 2.45) is 5.92 Å². The number of amides is 4. The fraction of sp³-hybridized carbons (Fsp3) is 0.308. The van der Waals surface area contributed by atoms with Crippen LogP contribution in [0.25, 0.3) is 10.9 Å². The van der Waals surface area contributed by atoms with Crippen LogP contribution in [0.3, 0.4) is 0 Å². The quantitative estimate of drug-likeness (QED) is 0.446. The van der Waals surface area contributed by atoms with Gasteiger partial charge in [0.25, 0.3) is 11.8 Å². The Hall–Kier alpha value is -3.94. The molecule has 1 aliphatic rings. The van der Waals surface area contributed by atoms with Crippen molar-refractivity contribution in [3.8, 4) is 5.75 Å². The maximum absolute atomic E-state index is 12.9. The molecule has 8 heteroatoms. The molecule has 0 saturated carbocycles. The Kier molecular flexibility index (Phi) is 6.77. The van der Waals surface area contributed by atoms with E-state index >= 15 is 0 Å². The van der Waals surface area contributed by atoms with Gasteiger partial charge in [-0.3, -0.25) is 19.9 Å². The topological polar surface area (TPSA) is 109 Å². The highest BCUT2D eigenvalue weighted by Crippen LogP contribution is 2.21. The van der Waals surface area contributed by atoms with E-state index < -0.39 is 24.0 Å². The van der Waals surface area contributed by atoms with Crippen molar-refractivity contribution in [1.29, 1.82) is 0 Å². The second-order valence-electron chi connectivity index (χ2n) is 8.90. The predicted octanol–water partition coefficient (Wildman–Crippen LogP) is 3.47. The Morgan fingerprint density at radius 1 is 1.12 bits per heavy atom. The molecule has 4 rings (SSSR count). The molecule has 0 spiro atoms. The molecule has 176 valence electrons. The molecule has 3 aromatic rings. The second kappa shape index (κ2) is 9.91. The molecule has 0 aliphatic carbocycles. The molecule has 4 amide bonds. The number of para-hydroxylation sites is 1. The van der Waals surface area contributed by atoms with Gasteiger partial charge < -0.3 is 15.4 Å². The van der Waals surface area contributed by atoms with Gasteiger partial charge in [-0.05, 0) is 55.7 Å². The van der Waals surface area contributed by atoms with Gasteiger partial charge in [0.15, 0.2) is 0 Å². The summed E-state index contributed by atoms with van der Waals surface area (Å²) in [4.78, 5) is 41.0. The fourth-order valence-electron chi connectivity index (χ4n) is 4.13. The van der Waals surface area contributed by atoms with Crippen LogP contribution >= 0.6 is 0 Å². The molecule has 8 nitrogen and oxygen atoms in total. The molecular weight excluding hydrogens is 432 g/mol. The smallest absolute Gasteiger partial charge is 0.322 e. The van der Waals surface area contributed by atoms with Crippen LogP contribution in [-0.2, 0) is 11.4 Å². The predicted molar refractivity (Wildman–Crippen MR) is 128 cm³/mol. The van der Waals surface area contributed by atoms with Gasteiger partial charge in [0, 0.05) is 22.2 Å². The number of pyridine rings is 1. The van der Waals surface area contributed by atoms with Crippen molar-refractivity contribution in [2.45, 2.75) is 45.9 Å². The van der Waals surface area contributed by atoms with E-state index in [0.29, 0.717) is 24.3 Å². The first-order valence-electron chi connectivity index (χ1n) is 11.3. The van der Waals surface area contributed by atoms with Crippen LogP contribution in [0.2, 0.25) is 0 Å². The standard InChI is InChI=1S/C26H28N4O4/c1-15(2)12-22(23-25(32)30-26(33)29-23)28-24(31)17-8-10-19(11-9-17)34-14-18-13-16(3)27-21-7-5-4-6-20(18)21/h4-11,13,15,22-23H,12,14H2,1-3H3,(H,28,31)(H2,29,30,32,33). The summed E-state index contributed by atoms with van der Waals surface area (Å²) < 4.78 is 5.97. The van der Waals surface area contributed by atoms with Gasteiger partial charge in [-0.15, -0.1) is 0 Å². The number of nitrogens with one attached hydrogen (secondary N) is 3. The van der Waals surface area contributed by atoms with Crippen LogP contribution in [0.4, 0.5) is 4.79 Å². The summed E-state index contributed by atoms with van der Waals surface area (Å²) in [5, 5.41) is 8.75. The highest BCUT2D eigenvalue weighted by atomic mass is 16.5. The lowest BCUT2D eigenvalue weighted by atomic mass is 9.97. The number of hydrogen-bond acceptors (Lipinski definition) is 5. The third-order valence-corrected chi connectivity index (χ3v) is 5.69. The van der Waals surface area contributed by atoms with Crippen LogP contribution in [-0.4, -0.2) is 34.9 Å². The van der Waals surface area contributed by atoms with Gasteiger partial charge in [-0.1, -0.05) is 32.0 Å². The summed E-state index contributed by atoms with van der Waals surface area (Å²) in [6, 6.07) is 14.9. The number of fused-ring (bicyclic) bond motifs is 1. The summed E-state index contributed by atoms with van der Waals surface area (Å²) in [7, 11) is 0. The minimum absolute atomic E-state index is 0.222. The number of nitrogens with zero attached hydrogens (tertiary/aromatic N) is 1. The zero-order valence-electron chi connectivity index (χ0n) is 19.4. The summed E-state index contributed by atoms with van der Waals surface area (Å²) in [6.45, 7) is 6.32. The van der Waals surface area contributed by atoms with E-state index in [0.717, 1.165) is 22.2 Å². The van der Waals surface area contributed by atoms with Gasteiger partial charge in [-0.25, -0.2) is 4.79 Å². The molecule has 2 unspecified atom stereocenters. The zero-order valence-corrected chi connectivity index (χ0v) is 19.4. The van der Waals surface area contributed by atoms with E-state index in [-0.39, 0.29) is 11.8 Å². The molecule has 2 heterocycles. The number of benzene rings is 2. The molecule has 1 aliphatic heterocycles. The van der Waals surface area contributed by atoms with Crippen LogP contribution in [0, 0.1) is 12.8 Å². The Bertz CT molecular complexity index is 1220. The first-order valence-corrected chi connectivity index (χ1v) is 11.3. The lowest BCUT2D eigenvalue weighted by Gasteiger charge is -2.24. The number of rotatable bonds is 8. The largest absolute Gasteiger partial charge is 0.489 e. The molecule has 3 N–H and O–H groups in total. The molecule has 2 atom stereocenters. The van der Waals surface area contributed by atoms with E-state index in [9.17, 15) is 14.4 Å². The number of aromatic nitrogens is 1. The molecule has 1 saturated heterocycles. The Morgan fingerprint density at radius 2 is 1.85 bits per heavy atom. The molecule has 34 heavy (non-hydrogen) atoms. The highest BCUT2D eigenvalue weighted by molar-refractivity contribution is 6.05. The normalized spacial score (nSPS) is 16.3. The second-order valence-corrected chi connectivity index (χ2v) is 8.90. The van der Waals surface area contributed by atoms with E-state index in [1.165, 1.54) is 0 Å². The zero-order chi connectivity index (χ0) is 24.2. The number of aryl methyl sites for hydroxylation is 1. The summed E-state index contributed by atoms with van der Waals surface area (Å²) in [6.07, 6.45) is 0.546. The van der Waals surface area contributed by atoms with E-state index in [4.69, 9.17) is 4.74 Å². The van der Waals surface area contributed by atoms with Crippen LogP contribution in [0.1, 0.15) is 41.9 Å². The van der Waals surface area contributed by atoms with Gasteiger partial charge in [0.1, 0.15) is 18.4 Å². The first-order chi connectivity index (χ1) is 16.3. The average molecular weight is 461 g/mol. The average Bonchev–Trinajstić information content (AvgIpc) is 3.14. The van der Waals surface area contributed by atoms with Crippen molar-refractivity contribution >= 4 is 28.7 Å². The number of ether oxygens (including phenoxy) is 1. The van der Waals surface area contributed by atoms with Crippen LogP contribution in [0.15, 0.2) is 54.6 Å². The van der Waals surface area contributed by atoms with Crippen molar-refractivity contribution in [2.75, 3.05) is 0 Å². The Labute approximate surface area is 198 Å². The van der Waals surface area contributed by atoms with Crippen LogP contribution < -0.4 is 20.7 Å². The van der Waals surface area contributed by atoms with Gasteiger partial charge in [-0.2, -0.15) is 0 Å². The summed E-state index contributed by atoms with van der Waals surface area (Å²) >= 11 is 0. The van der Waals surface area contributed by atoms with Crippen molar-refractivity contribution in [1.82, 2.24) is 20.9 Å². The number of urea groups is 1. The number of carbonyl (C=O) groups excluding carboxylic acids is 3. The van der Waals surface area contributed by atoms with Gasteiger partial charge in [0.2, 0.25) is 0 Å². The monoisotopic (exact) mass is 460 g/mol. The lowest BCUT2D eigenvalue weighted by molar-refractivity contribution is -0.120. The molecule has 2 aromatic carbocycles. The van der Waals surface area contributed by atoms with E-state index in [1.54, 1.807) is 24.3 Å². The third kappa shape index (κ3) is 5.33.